The summed E-state index contributed by atoms with van der Waals surface area (Å²) in [4.78, 5) is 15.9. The Kier molecular flexibility index (Phi) is 6.82. The Balaban J connectivity index is 1.56. The van der Waals surface area contributed by atoms with Crippen LogP contribution in [-0.4, -0.2) is 27.6 Å². The largest absolute Gasteiger partial charge is 0.416 e. The minimum Gasteiger partial charge on any atom is -0.354 e. The summed E-state index contributed by atoms with van der Waals surface area (Å²) in [6.07, 6.45) is -6.67. The number of hydrogen-bond donors (Lipinski definition) is 3. The predicted molar refractivity (Wildman–Crippen MR) is 131 cm³/mol. The maximum absolute atomic E-state index is 13.1. The summed E-state index contributed by atoms with van der Waals surface area (Å²) in [6.45, 7) is 0. The number of aromatic nitrogens is 2. The van der Waals surface area contributed by atoms with Crippen LogP contribution in [0.5, 0.6) is 0 Å². The van der Waals surface area contributed by atoms with Crippen molar-refractivity contribution in [2.75, 3.05) is 17.7 Å². The Bertz CT molecular complexity index is 1460. The third kappa shape index (κ3) is 5.82. The van der Waals surface area contributed by atoms with E-state index in [1.165, 1.54) is 13.2 Å². The Labute approximate surface area is 211 Å². The van der Waals surface area contributed by atoms with Crippen LogP contribution in [0.4, 0.5) is 37.7 Å². The van der Waals surface area contributed by atoms with Gasteiger partial charge >= 0.3 is 12.4 Å². The summed E-state index contributed by atoms with van der Waals surface area (Å²) >= 11 is 5.11. The van der Waals surface area contributed by atoms with Crippen molar-refractivity contribution in [3.8, 4) is 5.69 Å². The lowest BCUT2D eigenvalue weighted by atomic mass is 10.1. The third-order valence-corrected chi connectivity index (χ3v) is 5.48. The highest BCUT2D eigenvalue weighted by Crippen LogP contribution is 2.37. The van der Waals surface area contributed by atoms with Crippen molar-refractivity contribution in [1.82, 2.24) is 14.9 Å². The van der Waals surface area contributed by atoms with Gasteiger partial charge < -0.3 is 20.5 Å². The van der Waals surface area contributed by atoms with Crippen molar-refractivity contribution in [3.05, 3.63) is 83.8 Å². The lowest BCUT2D eigenvalue weighted by molar-refractivity contribution is -0.143. The van der Waals surface area contributed by atoms with Crippen molar-refractivity contribution in [3.63, 3.8) is 0 Å². The number of anilines is 2. The molecular weight excluding hydrogens is 520 g/mol. The van der Waals surface area contributed by atoms with Gasteiger partial charge in [0, 0.05) is 41.9 Å². The van der Waals surface area contributed by atoms with Gasteiger partial charge in [-0.2, -0.15) is 26.3 Å². The summed E-state index contributed by atoms with van der Waals surface area (Å²) in [5.74, 6) is -0.339. The molecule has 0 saturated carbocycles. The highest BCUT2D eigenvalue weighted by atomic mass is 32.1. The number of nitrogens with one attached hydrogen (secondary N) is 3. The van der Waals surface area contributed by atoms with Crippen LogP contribution in [-0.2, 0) is 12.4 Å². The number of alkyl halides is 6. The number of carbonyl (C=O) groups excluding carboxylic acids is 1. The first-order valence-electron chi connectivity index (χ1n) is 10.5. The van der Waals surface area contributed by atoms with E-state index in [9.17, 15) is 31.1 Å². The minimum atomic E-state index is -4.97. The molecule has 0 bridgehead atoms. The summed E-state index contributed by atoms with van der Waals surface area (Å²) < 4.78 is 80.4. The van der Waals surface area contributed by atoms with Gasteiger partial charge in [0.25, 0.3) is 5.91 Å². The molecule has 4 rings (SSSR count). The monoisotopic (exact) mass is 537 g/mol. The Hall–Kier alpha value is -4.13. The standard InChI is InChI=1S/C24H17F6N5OS/c1-31-21(36)19-12-18(4-6-32-19)35-7-5-13-8-16(2-3-20(13)35)33-22(37)34-17-10-14(23(25,26)27)9-15(11-17)24(28,29)30/h2-12H,1H3,(H,31,36)(H2,33,34,37). The number of thiocarbonyl (C=S) groups is 1. The fraction of sp³-hybridized carbons (Fsp3) is 0.125. The van der Waals surface area contributed by atoms with Crippen LogP contribution in [0, 0.1) is 0 Å². The zero-order valence-corrected chi connectivity index (χ0v) is 19.6. The van der Waals surface area contributed by atoms with Gasteiger partial charge in [0.05, 0.1) is 16.6 Å². The van der Waals surface area contributed by atoms with Crippen LogP contribution < -0.4 is 16.0 Å². The first kappa shape index (κ1) is 25.9. The van der Waals surface area contributed by atoms with Gasteiger partial charge in [0.15, 0.2) is 5.11 Å². The minimum absolute atomic E-state index is 0.0423. The van der Waals surface area contributed by atoms with E-state index in [0.29, 0.717) is 23.5 Å². The van der Waals surface area contributed by atoms with Crippen molar-refractivity contribution < 1.29 is 31.1 Å². The molecule has 2 aromatic heterocycles. The lowest BCUT2D eigenvalue weighted by Gasteiger charge is -2.16. The second kappa shape index (κ2) is 9.73. The molecule has 0 radical (unpaired) electrons. The average molecular weight is 537 g/mol. The molecule has 13 heteroatoms. The second-order valence-electron chi connectivity index (χ2n) is 7.81. The number of rotatable bonds is 4. The molecule has 3 N–H and O–H groups in total. The zero-order valence-electron chi connectivity index (χ0n) is 18.8. The molecule has 0 aliphatic rings. The lowest BCUT2D eigenvalue weighted by Crippen LogP contribution is -2.20. The summed E-state index contributed by atoms with van der Waals surface area (Å²) in [5, 5.41) is 8.21. The van der Waals surface area contributed by atoms with E-state index in [2.05, 4.69) is 20.9 Å². The number of pyridine rings is 1. The van der Waals surface area contributed by atoms with Crippen molar-refractivity contribution in [2.24, 2.45) is 0 Å². The molecule has 0 fully saturated rings. The summed E-state index contributed by atoms with van der Waals surface area (Å²) in [7, 11) is 1.50. The van der Waals surface area contributed by atoms with Gasteiger partial charge in [-0.15, -0.1) is 0 Å². The molecule has 6 nitrogen and oxygen atoms in total. The molecule has 0 aliphatic heterocycles. The number of fused-ring (bicyclic) bond motifs is 1. The van der Waals surface area contributed by atoms with Gasteiger partial charge in [-0.05, 0) is 66.8 Å². The molecule has 192 valence electrons. The van der Waals surface area contributed by atoms with Gasteiger partial charge in [0.2, 0.25) is 0 Å². The van der Waals surface area contributed by atoms with E-state index >= 15 is 0 Å². The van der Waals surface area contributed by atoms with Crippen LogP contribution in [0.2, 0.25) is 0 Å². The van der Waals surface area contributed by atoms with Gasteiger partial charge in [-0.3, -0.25) is 9.78 Å². The Morgan fingerprint density at radius 1 is 0.865 bits per heavy atom. The summed E-state index contributed by atoms with van der Waals surface area (Å²) in [6, 6.07) is 11.4. The SMILES string of the molecule is CNC(=O)c1cc(-n2ccc3cc(NC(=S)Nc4cc(C(F)(F)F)cc(C(F)(F)F)c4)ccc32)ccn1. The molecule has 0 unspecified atom stereocenters. The first-order valence-corrected chi connectivity index (χ1v) is 10.9. The molecule has 2 aromatic carbocycles. The second-order valence-corrected chi connectivity index (χ2v) is 8.22. The van der Waals surface area contributed by atoms with Crippen LogP contribution >= 0.6 is 12.2 Å². The number of hydrogen-bond acceptors (Lipinski definition) is 3. The molecule has 4 aromatic rings. The quantitative estimate of drug-likeness (QED) is 0.213. The van der Waals surface area contributed by atoms with Gasteiger partial charge in [-0.1, -0.05) is 0 Å². The van der Waals surface area contributed by atoms with Crippen molar-refractivity contribution in [2.45, 2.75) is 12.4 Å². The van der Waals surface area contributed by atoms with E-state index in [4.69, 9.17) is 12.2 Å². The average Bonchev–Trinajstić information content (AvgIpc) is 3.25. The fourth-order valence-electron chi connectivity index (χ4n) is 3.59. The topological polar surface area (TPSA) is 71.0 Å². The normalized spacial score (nSPS) is 11.9. The highest BCUT2D eigenvalue weighted by Gasteiger charge is 2.37. The molecule has 0 saturated heterocycles. The van der Waals surface area contributed by atoms with Gasteiger partial charge in [-0.25, -0.2) is 0 Å². The maximum atomic E-state index is 13.1. The van der Waals surface area contributed by atoms with Crippen LogP contribution in [0.3, 0.4) is 0 Å². The number of amides is 1. The maximum Gasteiger partial charge on any atom is 0.416 e. The smallest absolute Gasteiger partial charge is 0.354 e. The number of nitrogens with zero attached hydrogens (tertiary/aromatic N) is 2. The van der Waals surface area contributed by atoms with Crippen molar-refractivity contribution >= 4 is 45.5 Å². The fourth-order valence-corrected chi connectivity index (χ4v) is 3.82. The third-order valence-electron chi connectivity index (χ3n) is 5.28. The first-order chi connectivity index (χ1) is 17.3. The van der Waals surface area contributed by atoms with E-state index in [1.54, 1.807) is 42.6 Å². The molecule has 2 heterocycles. The van der Waals surface area contributed by atoms with E-state index in [0.717, 1.165) is 10.9 Å². The van der Waals surface area contributed by atoms with Crippen LogP contribution in [0.25, 0.3) is 16.6 Å². The molecular formula is C24H17F6N5OS. The molecule has 1 amide bonds. The molecule has 37 heavy (non-hydrogen) atoms. The number of benzene rings is 2. The molecule has 0 spiro atoms. The summed E-state index contributed by atoms with van der Waals surface area (Å²) in [5.41, 5.74) is -1.22. The van der Waals surface area contributed by atoms with E-state index < -0.39 is 29.2 Å². The van der Waals surface area contributed by atoms with Crippen molar-refractivity contribution in [1.29, 1.82) is 0 Å². The van der Waals surface area contributed by atoms with E-state index in [1.807, 2.05) is 4.57 Å². The van der Waals surface area contributed by atoms with Crippen LogP contribution in [0.1, 0.15) is 21.6 Å². The van der Waals surface area contributed by atoms with E-state index in [-0.39, 0.29) is 22.8 Å². The number of halogens is 6. The van der Waals surface area contributed by atoms with Crippen LogP contribution in [0.15, 0.2) is 67.0 Å². The Morgan fingerprint density at radius 3 is 2.14 bits per heavy atom. The Morgan fingerprint density at radius 2 is 1.51 bits per heavy atom. The number of carbonyl (C=O) groups is 1. The predicted octanol–water partition coefficient (Wildman–Crippen LogP) is 6.23. The van der Waals surface area contributed by atoms with Gasteiger partial charge in [0.1, 0.15) is 5.69 Å². The molecule has 0 atom stereocenters. The highest BCUT2D eigenvalue weighted by molar-refractivity contribution is 7.80. The molecule has 0 aliphatic carbocycles. The zero-order chi connectivity index (χ0) is 27.0.